The van der Waals surface area contributed by atoms with Gasteiger partial charge in [0.25, 0.3) is 0 Å². The molecule has 0 saturated carbocycles. The molecule has 0 aliphatic rings. The van der Waals surface area contributed by atoms with Gasteiger partial charge in [0.15, 0.2) is 0 Å². The average molecular weight is 364 g/mol. The number of aromatic nitrogens is 2. The molecule has 2 rings (SSSR count). The predicted molar refractivity (Wildman–Crippen MR) is 90.0 cm³/mol. The van der Waals surface area contributed by atoms with E-state index in [0.29, 0.717) is 11.6 Å². The molecule has 22 heavy (non-hydrogen) atoms. The number of rotatable bonds is 8. The Balaban J connectivity index is 0.00000242. The molecule has 0 bridgehead atoms. The van der Waals surface area contributed by atoms with E-state index in [4.69, 9.17) is 11.6 Å². The summed E-state index contributed by atoms with van der Waals surface area (Å²) >= 11 is 5.74. The van der Waals surface area contributed by atoms with E-state index in [0.717, 1.165) is 25.8 Å². The normalized spacial score (nSPS) is 11.1. The fourth-order valence-electron chi connectivity index (χ4n) is 1.92. The molecule has 1 aromatic carbocycles. The Hall–Kier alpha value is -1.08. The van der Waals surface area contributed by atoms with Crippen molar-refractivity contribution in [2.45, 2.75) is 30.7 Å². The number of nitrogens with one attached hydrogen (secondary N) is 1. The molecule has 5 nitrogen and oxygen atoms in total. The molecule has 1 heterocycles. The number of sulfonamides is 1. The maximum atomic E-state index is 12.0. The minimum absolute atomic E-state index is 0. The smallest absolute Gasteiger partial charge is 0.240 e. The van der Waals surface area contributed by atoms with Crippen LogP contribution in [0.25, 0.3) is 0 Å². The summed E-state index contributed by atoms with van der Waals surface area (Å²) in [7, 11) is -3.43. The summed E-state index contributed by atoms with van der Waals surface area (Å²) in [5.74, 6) is 0. The van der Waals surface area contributed by atoms with Crippen LogP contribution in [0.1, 0.15) is 19.3 Å². The number of imidazole rings is 1. The molecular formula is C14H19Cl2N3O2S. The Bertz CT molecular complexity index is 643. The Morgan fingerprint density at radius 1 is 1.14 bits per heavy atom. The summed E-state index contributed by atoms with van der Waals surface area (Å²) < 4.78 is 28.6. The van der Waals surface area contributed by atoms with Gasteiger partial charge in [-0.2, -0.15) is 0 Å². The van der Waals surface area contributed by atoms with Crippen molar-refractivity contribution >= 4 is 34.0 Å². The van der Waals surface area contributed by atoms with Crippen LogP contribution in [-0.2, 0) is 16.6 Å². The van der Waals surface area contributed by atoms with Crippen LogP contribution in [0.5, 0.6) is 0 Å². The molecule has 0 fully saturated rings. The topological polar surface area (TPSA) is 64.0 Å². The first-order valence-corrected chi connectivity index (χ1v) is 8.65. The van der Waals surface area contributed by atoms with Gasteiger partial charge in [-0.1, -0.05) is 18.0 Å². The second-order valence-electron chi connectivity index (χ2n) is 4.71. The average Bonchev–Trinajstić information content (AvgIpc) is 2.96. The minimum Gasteiger partial charge on any atom is -0.337 e. The SMILES string of the molecule is Cl.O=S(=O)(NCCCCCn1ccnc1)c1ccc(Cl)cc1. The summed E-state index contributed by atoms with van der Waals surface area (Å²) in [5, 5.41) is 0.522. The largest absolute Gasteiger partial charge is 0.337 e. The minimum atomic E-state index is -3.43. The molecule has 8 heteroatoms. The molecule has 0 saturated heterocycles. The lowest BCUT2D eigenvalue weighted by molar-refractivity contribution is 0.561. The third-order valence-electron chi connectivity index (χ3n) is 3.07. The monoisotopic (exact) mass is 363 g/mol. The molecule has 122 valence electrons. The van der Waals surface area contributed by atoms with Crippen molar-refractivity contribution in [1.29, 1.82) is 0 Å². The van der Waals surface area contributed by atoms with E-state index in [9.17, 15) is 8.42 Å². The van der Waals surface area contributed by atoms with E-state index in [1.54, 1.807) is 24.7 Å². The van der Waals surface area contributed by atoms with E-state index in [2.05, 4.69) is 9.71 Å². The summed E-state index contributed by atoms with van der Waals surface area (Å²) in [6, 6.07) is 6.15. The summed E-state index contributed by atoms with van der Waals surface area (Å²) in [4.78, 5) is 4.21. The van der Waals surface area contributed by atoms with Crippen LogP contribution in [0.4, 0.5) is 0 Å². The van der Waals surface area contributed by atoms with Gasteiger partial charge in [-0.15, -0.1) is 12.4 Å². The fourth-order valence-corrected chi connectivity index (χ4v) is 3.12. The molecule has 1 aromatic heterocycles. The predicted octanol–water partition coefficient (Wildman–Crippen LogP) is 3.11. The highest BCUT2D eigenvalue weighted by molar-refractivity contribution is 7.89. The number of unbranched alkanes of at least 4 members (excludes halogenated alkanes) is 2. The van der Waals surface area contributed by atoms with E-state index in [1.807, 2.05) is 10.8 Å². The zero-order chi connectivity index (χ0) is 15.1. The molecule has 0 radical (unpaired) electrons. The van der Waals surface area contributed by atoms with Crippen LogP contribution in [0.3, 0.4) is 0 Å². The van der Waals surface area contributed by atoms with Crippen LogP contribution < -0.4 is 4.72 Å². The molecule has 0 unspecified atom stereocenters. The van der Waals surface area contributed by atoms with Crippen molar-refractivity contribution < 1.29 is 8.42 Å². The first-order chi connectivity index (χ1) is 10.1. The Morgan fingerprint density at radius 3 is 2.50 bits per heavy atom. The zero-order valence-electron chi connectivity index (χ0n) is 12.0. The van der Waals surface area contributed by atoms with Gasteiger partial charge in [0.2, 0.25) is 10.0 Å². The van der Waals surface area contributed by atoms with Gasteiger partial charge in [0.1, 0.15) is 0 Å². The molecule has 0 amide bonds. The number of nitrogens with zero attached hydrogens (tertiary/aromatic N) is 2. The van der Waals surface area contributed by atoms with E-state index in [-0.39, 0.29) is 17.3 Å². The highest BCUT2D eigenvalue weighted by Crippen LogP contribution is 2.13. The molecular weight excluding hydrogens is 345 g/mol. The van der Waals surface area contributed by atoms with Crippen molar-refractivity contribution in [3.8, 4) is 0 Å². The quantitative estimate of drug-likeness (QED) is 0.732. The highest BCUT2D eigenvalue weighted by Gasteiger charge is 2.12. The summed E-state index contributed by atoms with van der Waals surface area (Å²) in [6.07, 6.45) is 8.22. The van der Waals surface area contributed by atoms with Gasteiger partial charge in [0, 0.05) is 30.5 Å². The first-order valence-electron chi connectivity index (χ1n) is 6.79. The molecule has 0 spiro atoms. The van der Waals surface area contributed by atoms with Crippen LogP contribution in [0.15, 0.2) is 47.9 Å². The second kappa shape index (κ2) is 9.15. The molecule has 0 aliphatic heterocycles. The van der Waals surface area contributed by atoms with Gasteiger partial charge >= 0.3 is 0 Å². The van der Waals surface area contributed by atoms with Gasteiger partial charge in [-0.25, -0.2) is 18.1 Å². The van der Waals surface area contributed by atoms with Crippen LogP contribution >= 0.6 is 24.0 Å². The van der Waals surface area contributed by atoms with Crippen molar-refractivity contribution in [3.05, 3.63) is 48.0 Å². The third kappa shape index (κ3) is 5.96. The first kappa shape index (κ1) is 19.0. The molecule has 0 atom stereocenters. The Kier molecular flexibility index (Phi) is 7.89. The fraction of sp³-hybridized carbons (Fsp3) is 0.357. The number of aryl methyl sites for hydroxylation is 1. The van der Waals surface area contributed by atoms with Crippen LogP contribution in [0.2, 0.25) is 5.02 Å². The van der Waals surface area contributed by atoms with Crippen LogP contribution in [0, 0.1) is 0 Å². The number of hydrogen-bond acceptors (Lipinski definition) is 3. The van der Waals surface area contributed by atoms with Gasteiger partial charge in [0.05, 0.1) is 11.2 Å². The summed E-state index contributed by atoms with van der Waals surface area (Å²) in [5.41, 5.74) is 0. The molecule has 0 aliphatic carbocycles. The lowest BCUT2D eigenvalue weighted by Gasteiger charge is -2.07. The lowest BCUT2D eigenvalue weighted by atomic mass is 10.2. The maximum absolute atomic E-state index is 12.0. The molecule has 2 aromatic rings. The third-order valence-corrected chi connectivity index (χ3v) is 4.80. The van der Waals surface area contributed by atoms with Crippen molar-refractivity contribution in [2.24, 2.45) is 0 Å². The van der Waals surface area contributed by atoms with Crippen molar-refractivity contribution in [1.82, 2.24) is 14.3 Å². The van der Waals surface area contributed by atoms with E-state index >= 15 is 0 Å². The molecule has 1 N–H and O–H groups in total. The number of benzene rings is 1. The van der Waals surface area contributed by atoms with Gasteiger partial charge in [-0.05, 0) is 37.1 Å². The van der Waals surface area contributed by atoms with Gasteiger partial charge in [-0.3, -0.25) is 0 Å². The maximum Gasteiger partial charge on any atom is 0.240 e. The number of halogens is 2. The lowest BCUT2D eigenvalue weighted by Crippen LogP contribution is -2.24. The van der Waals surface area contributed by atoms with Crippen molar-refractivity contribution in [2.75, 3.05) is 6.54 Å². The van der Waals surface area contributed by atoms with E-state index < -0.39 is 10.0 Å². The standard InChI is InChI=1S/C14H18ClN3O2S.ClH/c15-13-4-6-14(7-5-13)21(19,20)17-8-2-1-3-10-18-11-9-16-12-18;/h4-7,9,11-12,17H,1-3,8,10H2;1H. The second-order valence-corrected chi connectivity index (χ2v) is 6.92. The van der Waals surface area contributed by atoms with Gasteiger partial charge < -0.3 is 4.57 Å². The van der Waals surface area contributed by atoms with Crippen molar-refractivity contribution in [3.63, 3.8) is 0 Å². The van der Waals surface area contributed by atoms with E-state index in [1.165, 1.54) is 12.1 Å². The number of hydrogen-bond donors (Lipinski definition) is 1. The Morgan fingerprint density at radius 2 is 1.86 bits per heavy atom. The zero-order valence-corrected chi connectivity index (χ0v) is 14.4. The van der Waals surface area contributed by atoms with Crippen LogP contribution in [-0.4, -0.2) is 24.5 Å². The Labute approximate surface area is 142 Å². The highest BCUT2D eigenvalue weighted by atomic mass is 35.5. The summed E-state index contributed by atoms with van der Waals surface area (Å²) in [6.45, 7) is 1.35.